The van der Waals surface area contributed by atoms with E-state index < -0.39 is 9.84 Å². The average molecular weight is 430 g/mol. The molecule has 0 spiro atoms. The van der Waals surface area contributed by atoms with Crippen LogP contribution in [0.4, 0.5) is 0 Å². The number of rotatable bonds is 8. The van der Waals surface area contributed by atoms with Crippen LogP contribution < -0.4 is 4.74 Å². The third-order valence-electron chi connectivity index (χ3n) is 5.47. The summed E-state index contributed by atoms with van der Waals surface area (Å²) in [5, 5.41) is 0. The minimum absolute atomic E-state index is 0.0978. The van der Waals surface area contributed by atoms with Gasteiger partial charge in [0.1, 0.15) is 5.75 Å². The molecule has 0 aliphatic carbocycles. The number of ketones is 1. The van der Waals surface area contributed by atoms with Crippen molar-refractivity contribution in [2.45, 2.75) is 51.7 Å². The lowest BCUT2D eigenvalue weighted by molar-refractivity contribution is 0.101. The van der Waals surface area contributed by atoms with Crippen LogP contribution >= 0.6 is 0 Å². The van der Waals surface area contributed by atoms with E-state index in [1.807, 2.05) is 32.9 Å². The Labute approximate surface area is 180 Å². The van der Waals surface area contributed by atoms with Crippen LogP contribution in [0.25, 0.3) is 0 Å². The fourth-order valence-corrected chi connectivity index (χ4v) is 5.63. The van der Waals surface area contributed by atoms with Gasteiger partial charge in [-0.05, 0) is 82.0 Å². The van der Waals surface area contributed by atoms with E-state index in [4.69, 9.17) is 4.74 Å². The van der Waals surface area contributed by atoms with E-state index in [9.17, 15) is 13.2 Å². The van der Waals surface area contributed by atoms with Crippen LogP contribution in [0.1, 0.15) is 48.7 Å². The van der Waals surface area contributed by atoms with E-state index in [-0.39, 0.29) is 28.5 Å². The van der Waals surface area contributed by atoms with Crippen molar-refractivity contribution in [3.63, 3.8) is 0 Å². The fourth-order valence-electron chi connectivity index (χ4n) is 3.98. The van der Waals surface area contributed by atoms with E-state index in [1.165, 1.54) is 18.6 Å². The Morgan fingerprint density at radius 3 is 2.50 bits per heavy atom. The van der Waals surface area contributed by atoms with Crippen LogP contribution in [0.5, 0.6) is 5.75 Å². The maximum absolute atomic E-state index is 12.9. The lowest BCUT2D eigenvalue weighted by Crippen LogP contribution is -2.23. The largest absolute Gasteiger partial charge is 0.491 e. The van der Waals surface area contributed by atoms with Gasteiger partial charge in [-0.2, -0.15) is 0 Å². The molecule has 0 unspecified atom stereocenters. The van der Waals surface area contributed by atoms with Gasteiger partial charge < -0.3 is 4.74 Å². The first-order valence-corrected chi connectivity index (χ1v) is 12.1. The zero-order chi connectivity index (χ0) is 21.9. The van der Waals surface area contributed by atoms with Gasteiger partial charge in [-0.3, -0.25) is 9.69 Å². The normalized spacial score (nSPS) is 17.4. The van der Waals surface area contributed by atoms with Crippen molar-refractivity contribution in [3.05, 3.63) is 59.2 Å². The molecule has 0 radical (unpaired) electrons. The van der Waals surface area contributed by atoms with Gasteiger partial charge in [0.25, 0.3) is 0 Å². The van der Waals surface area contributed by atoms with Crippen molar-refractivity contribution in [3.8, 4) is 5.75 Å². The highest BCUT2D eigenvalue weighted by Crippen LogP contribution is 2.25. The number of ether oxygens (including phenoxy) is 1. The SMILES string of the molecule is CC(=O)c1cc(S(=O)(=O)C[C@@H]2CCN(Cc3ccc(OC(C)C)cc3)C2)ccc1C. The van der Waals surface area contributed by atoms with Gasteiger partial charge >= 0.3 is 0 Å². The van der Waals surface area contributed by atoms with E-state index in [2.05, 4.69) is 17.0 Å². The molecule has 2 aromatic carbocycles. The molecule has 0 bridgehead atoms. The highest BCUT2D eigenvalue weighted by atomic mass is 32.2. The maximum Gasteiger partial charge on any atom is 0.178 e. The van der Waals surface area contributed by atoms with Crippen molar-refractivity contribution in [2.24, 2.45) is 5.92 Å². The summed E-state index contributed by atoms with van der Waals surface area (Å²) >= 11 is 0. The molecule has 1 fully saturated rings. The molecule has 6 heteroatoms. The van der Waals surface area contributed by atoms with Crippen molar-refractivity contribution >= 4 is 15.6 Å². The molecule has 1 saturated heterocycles. The quantitative estimate of drug-likeness (QED) is 0.586. The number of likely N-dealkylation sites (tertiary alicyclic amines) is 1. The van der Waals surface area contributed by atoms with Crippen LogP contribution in [0, 0.1) is 12.8 Å². The molecule has 5 nitrogen and oxygen atoms in total. The van der Waals surface area contributed by atoms with Crippen LogP contribution in [0.15, 0.2) is 47.4 Å². The Kier molecular flexibility index (Phi) is 6.98. The van der Waals surface area contributed by atoms with Gasteiger partial charge in [0, 0.05) is 18.7 Å². The van der Waals surface area contributed by atoms with Gasteiger partial charge in [0.15, 0.2) is 15.6 Å². The smallest absolute Gasteiger partial charge is 0.178 e. The average Bonchev–Trinajstić information content (AvgIpc) is 3.09. The summed E-state index contributed by atoms with van der Waals surface area (Å²) in [6.45, 7) is 9.75. The molecule has 1 atom stereocenters. The number of carbonyl (C=O) groups is 1. The number of hydrogen-bond acceptors (Lipinski definition) is 5. The van der Waals surface area contributed by atoms with Crippen molar-refractivity contribution < 1.29 is 17.9 Å². The molecule has 0 amide bonds. The third kappa shape index (κ3) is 5.70. The predicted molar refractivity (Wildman–Crippen MR) is 119 cm³/mol. The Morgan fingerprint density at radius 1 is 1.17 bits per heavy atom. The fraction of sp³-hybridized carbons (Fsp3) is 0.458. The molecule has 1 aliphatic heterocycles. The first-order valence-electron chi connectivity index (χ1n) is 10.5. The lowest BCUT2D eigenvalue weighted by Gasteiger charge is -2.17. The molecule has 30 heavy (non-hydrogen) atoms. The van der Waals surface area contributed by atoms with E-state index in [0.29, 0.717) is 5.56 Å². The van der Waals surface area contributed by atoms with Crippen molar-refractivity contribution in [1.29, 1.82) is 0 Å². The molecule has 1 heterocycles. The zero-order valence-corrected chi connectivity index (χ0v) is 19.0. The second-order valence-corrected chi connectivity index (χ2v) is 10.5. The molecule has 162 valence electrons. The van der Waals surface area contributed by atoms with E-state index in [0.717, 1.165) is 37.4 Å². The Morgan fingerprint density at radius 2 is 1.87 bits per heavy atom. The topological polar surface area (TPSA) is 63.7 Å². The number of Topliss-reactive ketones (excluding diaryl/α,β-unsaturated/α-hetero) is 1. The number of sulfone groups is 1. The minimum Gasteiger partial charge on any atom is -0.491 e. The summed E-state index contributed by atoms with van der Waals surface area (Å²) in [7, 11) is -3.43. The molecular weight excluding hydrogens is 398 g/mol. The molecule has 1 aliphatic rings. The highest BCUT2D eigenvalue weighted by Gasteiger charge is 2.28. The first-order chi connectivity index (χ1) is 14.1. The molecule has 3 rings (SSSR count). The van der Waals surface area contributed by atoms with Crippen LogP contribution in [-0.4, -0.2) is 44.0 Å². The number of hydrogen-bond donors (Lipinski definition) is 0. The van der Waals surface area contributed by atoms with E-state index in [1.54, 1.807) is 12.1 Å². The summed E-state index contributed by atoms with van der Waals surface area (Å²) in [4.78, 5) is 14.3. The summed E-state index contributed by atoms with van der Waals surface area (Å²) in [5.74, 6) is 0.967. The summed E-state index contributed by atoms with van der Waals surface area (Å²) in [5.41, 5.74) is 2.48. The Balaban J connectivity index is 1.60. The lowest BCUT2D eigenvalue weighted by atomic mass is 10.1. The van der Waals surface area contributed by atoms with Gasteiger partial charge in [-0.15, -0.1) is 0 Å². The van der Waals surface area contributed by atoms with Gasteiger partial charge in [0.05, 0.1) is 16.8 Å². The van der Waals surface area contributed by atoms with Crippen LogP contribution in [0.3, 0.4) is 0 Å². The van der Waals surface area contributed by atoms with Crippen LogP contribution in [-0.2, 0) is 16.4 Å². The third-order valence-corrected chi connectivity index (χ3v) is 7.36. The number of benzene rings is 2. The molecular formula is C24H31NO4S. The zero-order valence-electron chi connectivity index (χ0n) is 18.2. The summed E-state index contributed by atoms with van der Waals surface area (Å²) in [6.07, 6.45) is 1.01. The van der Waals surface area contributed by atoms with Crippen molar-refractivity contribution in [2.75, 3.05) is 18.8 Å². The van der Waals surface area contributed by atoms with Gasteiger partial charge in [-0.25, -0.2) is 8.42 Å². The van der Waals surface area contributed by atoms with E-state index >= 15 is 0 Å². The second-order valence-electron chi connectivity index (χ2n) is 8.51. The molecule has 0 aromatic heterocycles. The Bertz CT molecular complexity index is 996. The molecule has 0 saturated carbocycles. The minimum atomic E-state index is -3.43. The monoisotopic (exact) mass is 429 g/mol. The Hall–Kier alpha value is -2.18. The van der Waals surface area contributed by atoms with Crippen LogP contribution in [0.2, 0.25) is 0 Å². The maximum atomic E-state index is 12.9. The molecule has 2 aromatic rings. The molecule has 0 N–H and O–H groups in total. The summed E-state index contributed by atoms with van der Waals surface area (Å²) < 4.78 is 31.5. The number of carbonyl (C=O) groups excluding carboxylic acids is 1. The number of nitrogens with zero attached hydrogens (tertiary/aromatic N) is 1. The standard InChI is InChI=1S/C24H31NO4S/c1-17(2)29-22-8-6-20(7-9-22)14-25-12-11-21(15-25)16-30(27,28)23-10-5-18(3)24(13-23)19(4)26/h5-10,13,17,21H,11-12,14-16H2,1-4H3/t21-/m1/s1. The highest BCUT2D eigenvalue weighted by molar-refractivity contribution is 7.91. The van der Waals surface area contributed by atoms with Crippen molar-refractivity contribution in [1.82, 2.24) is 4.90 Å². The van der Waals surface area contributed by atoms with Gasteiger partial charge in [-0.1, -0.05) is 18.2 Å². The van der Waals surface area contributed by atoms with Gasteiger partial charge in [0.2, 0.25) is 0 Å². The number of aryl methyl sites for hydroxylation is 1. The first kappa shape index (κ1) is 22.5. The summed E-state index contributed by atoms with van der Waals surface area (Å²) in [6, 6.07) is 13.0. The second kappa shape index (κ2) is 9.31. The predicted octanol–water partition coefficient (Wildman–Crippen LogP) is 4.28.